The predicted molar refractivity (Wildman–Crippen MR) is 296 cm³/mol. The molecule has 0 aliphatic heterocycles. The first-order chi connectivity index (χ1) is 35.6. The summed E-state index contributed by atoms with van der Waals surface area (Å²) in [6, 6.07) is 84.2. The molecule has 0 saturated carbocycles. The third-order valence-corrected chi connectivity index (χ3v) is 13.8. The van der Waals surface area contributed by atoms with Gasteiger partial charge >= 0.3 is 0 Å². The van der Waals surface area contributed by atoms with Gasteiger partial charge in [0, 0.05) is 49.4 Å². The average molecular weight is 917 g/mol. The highest BCUT2D eigenvalue weighted by atomic mass is 15.0. The van der Waals surface area contributed by atoms with Gasteiger partial charge in [-0.25, -0.2) is 19.7 Å². The van der Waals surface area contributed by atoms with E-state index in [0.717, 1.165) is 106 Å². The van der Waals surface area contributed by atoms with Crippen molar-refractivity contribution in [2.45, 2.75) is 0 Å². The van der Waals surface area contributed by atoms with Gasteiger partial charge in [0.2, 0.25) is 0 Å². The highest BCUT2D eigenvalue weighted by Crippen LogP contribution is 2.44. The molecule has 72 heavy (non-hydrogen) atoms. The van der Waals surface area contributed by atoms with Crippen LogP contribution in [0.2, 0.25) is 0 Å². The molecule has 0 aliphatic carbocycles. The van der Waals surface area contributed by atoms with Crippen molar-refractivity contribution in [2.24, 2.45) is 0 Å². The zero-order valence-electron chi connectivity index (χ0n) is 38.8. The summed E-state index contributed by atoms with van der Waals surface area (Å²) in [7, 11) is 0. The van der Waals surface area contributed by atoms with Crippen molar-refractivity contribution in [3.63, 3.8) is 0 Å². The molecule has 0 bridgehead atoms. The molecule has 0 amide bonds. The standard InChI is InChI=1S/C66H40N6/c1-67-50-23-15-21-45(37-50)47-32-35-63-56(39-47)57-40-48(46-22-16-24-51(38-46)68-2)33-36-64(57)72(63)65-41-49(66-69-58(43-17-5-3-6-18-43)42-59(70-66)44-19-7-4-8-20-44)31-34-55(65)54-27-11-14-30-62(54)71-60-28-12-9-25-52(60)53-26-10-13-29-61(53)71/h3-42H. The second-order valence-electron chi connectivity index (χ2n) is 17.9. The maximum atomic E-state index is 7.79. The molecule has 3 heterocycles. The molecule has 334 valence electrons. The molecular weight excluding hydrogens is 877 g/mol. The lowest BCUT2D eigenvalue weighted by molar-refractivity contribution is 1.15. The number of aromatic nitrogens is 4. The quantitative estimate of drug-likeness (QED) is 0.143. The lowest BCUT2D eigenvalue weighted by atomic mass is 9.98. The van der Waals surface area contributed by atoms with Gasteiger partial charge in [-0.05, 0) is 89.0 Å². The van der Waals surface area contributed by atoms with E-state index >= 15 is 0 Å². The number of para-hydroxylation sites is 3. The summed E-state index contributed by atoms with van der Waals surface area (Å²) in [6.07, 6.45) is 0. The molecule has 10 aromatic carbocycles. The lowest BCUT2D eigenvalue weighted by Gasteiger charge is -2.20. The summed E-state index contributed by atoms with van der Waals surface area (Å²) in [5.41, 5.74) is 18.1. The number of fused-ring (bicyclic) bond motifs is 6. The first kappa shape index (κ1) is 42.0. The fraction of sp³-hybridized carbons (Fsp3) is 0. The van der Waals surface area contributed by atoms with Crippen molar-refractivity contribution < 1.29 is 0 Å². The molecule has 6 nitrogen and oxygen atoms in total. The van der Waals surface area contributed by atoms with E-state index in [1.807, 2.05) is 72.8 Å². The minimum Gasteiger partial charge on any atom is -0.309 e. The smallest absolute Gasteiger partial charge is 0.187 e. The van der Waals surface area contributed by atoms with Crippen LogP contribution in [0, 0.1) is 13.1 Å². The Morgan fingerprint density at radius 1 is 0.292 bits per heavy atom. The van der Waals surface area contributed by atoms with E-state index < -0.39 is 0 Å². The van der Waals surface area contributed by atoms with Crippen LogP contribution < -0.4 is 0 Å². The van der Waals surface area contributed by atoms with E-state index in [0.29, 0.717) is 17.2 Å². The monoisotopic (exact) mass is 916 g/mol. The third-order valence-electron chi connectivity index (χ3n) is 13.8. The summed E-state index contributed by atoms with van der Waals surface area (Å²) < 4.78 is 4.79. The van der Waals surface area contributed by atoms with Crippen molar-refractivity contribution >= 4 is 55.0 Å². The van der Waals surface area contributed by atoms with Crippen LogP contribution in [0.3, 0.4) is 0 Å². The SMILES string of the molecule is [C-]#[N+]c1cccc(-c2ccc3c(c2)c2cc(-c4cccc([N+]#[C-])c4)ccc2n3-c2cc(-c3nc(-c4ccccc4)cc(-c4ccccc4)n3)ccc2-c2ccccc2-n2c3ccccc3c3ccccc32)c1. The first-order valence-corrected chi connectivity index (χ1v) is 23.9. The first-order valence-electron chi connectivity index (χ1n) is 23.9. The van der Waals surface area contributed by atoms with Crippen molar-refractivity contribution in [2.75, 3.05) is 0 Å². The van der Waals surface area contributed by atoms with Crippen LogP contribution in [0.4, 0.5) is 11.4 Å². The molecule has 0 spiro atoms. The van der Waals surface area contributed by atoms with Crippen molar-refractivity contribution in [3.8, 4) is 78.7 Å². The highest BCUT2D eigenvalue weighted by Gasteiger charge is 2.23. The van der Waals surface area contributed by atoms with Crippen LogP contribution in [0.5, 0.6) is 0 Å². The summed E-state index contributed by atoms with van der Waals surface area (Å²) in [5.74, 6) is 0.614. The number of hydrogen-bond donors (Lipinski definition) is 0. The fourth-order valence-electron chi connectivity index (χ4n) is 10.4. The summed E-state index contributed by atoms with van der Waals surface area (Å²) in [4.78, 5) is 18.2. The number of rotatable bonds is 8. The molecule has 6 heteroatoms. The van der Waals surface area contributed by atoms with Crippen LogP contribution in [-0.4, -0.2) is 19.1 Å². The van der Waals surface area contributed by atoms with E-state index in [1.165, 1.54) is 10.8 Å². The molecule has 3 aromatic heterocycles. The largest absolute Gasteiger partial charge is 0.309 e. The van der Waals surface area contributed by atoms with Gasteiger partial charge in [-0.2, -0.15) is 0 Å². The molecule has 0 saturated heterocycles. The molecule has 0 N–H and O–H groups in total. The zero-order chi connectivity index (χ0) is 48.1. The summed E-state index contributed by atoms with van der Waals surface area (Å²) in [5, 5.41) is 4.50. The van der Waals surface area contributed by atoms with Crippen molar-refractivity contribution in [1.82, 2.24) is 19.1 Å². The van der Waals surface area contributed by atoms with Gasteiger partial charge in [-0.15, -0.1) is 0 Å². The molecular formula is C66H40N6. The Kier molecular flexibility index (Phi) is 10.2. The Morgan fingerprint density at radius 2 is 0.722 bits per heavy atom. The molecule has 13 aromatic rings. The Labute approximate surface area is 416 Å². The Hall–Kier alpha value is -10.1. The number of nitrogens with zero attached hydrogens (tertiary/aromatic N) is 6. The fourth-order valence-corrected chi connectivity index (χ4v) is 10.4. The van der Waals surface area contributed by atoms with E-state index in [9.17, 15) is 0 Å². The Bertz CT molecular complexity index is 4130. The van der Waals surface area contributed by atoms with E-state index in [2.05, 4.69) is 189 Å². The van der Waals surface area contributed by atoms with Gasteiger partial charge in [0.05, 0.1) is 58.0 Å². The van der Waals surface area contributed by atoms with Gasteiger partial charge in [0.15, 0.2) is 17.2 Å². The predicted octanol–water partition coefficient (Wildman–Crippen LogP) is 17.8. The molecule has 0 atom stereocenters. The van der Waals surface area contributed by atoms with Gasteiger partial charge in [-0.3, -0.25) is 0 Å². The second kappa shape index (κ2) is 17.4. The average Bonchev–Trinajstić information content (AvgIpc) is 3.97. The minimum absolute atomic E-state index is 0.592. The Morgan fingerprint density at radius 3 is 1.28 bits per heavy atom. The number of benzene rings is 10. The van der Waals surface area contributed by atoms with Crippen LogP contribution >= 0.6 is 0 Å². The minimum atomic E-state index is 0.592. The van der Waals surface area contributed by atoms with Gasteiger partial charge in [0.25, 0.3) is 0 Å². The third kappa shape index (κ3) is 7.19. The molecule has 0 unspecified atom stereocenters. The van der Waals surface area contributed by atoms with Crippen LogP contribution in [-0.2, 0) is 0 Å². The number of hydrogen-bond acceptors (Lipinski definition) is 2. The van der Waals surface area contributed by atoms with Crippen molar-refractivity contribution in [3.05, 3.63) is 265 Å². The maximum Gasteiger partial charge on any atom is 0.187 e. The highest BCUT2D eigenvalue weighted by molar-refractivity contribution is 6.13. The Balaban J connectivity index is 1.12. The van der Waals surface area contributed by atoms with Crippen LogP contribution in [0.25, 0.3) is 132 Å². The van der Waals surface area contributed by atoms with E-state index in [4.69, 9.17) is 23.1 Å². The maximum absolute atomic E-state index is 7.79. The lowest BCUT2D eigenvalue weighted by Crippen LogP contribution is -2.03. The normalized spacial score (nSPS) is 11.3. The molecule has 0 fully saturated rings. The van der Waals surface area contributed by atoms with Gasteiger partial charge in [0.1, 0.15) is 0 Å². The summed E-state index contributed by atoms with van der Waals surface area (Å²) in [6.45, 7) is 15.6. The zero-order valence-corrected chi connectivity index (χ0v) is 38.8. The molecule has 0 radical (unpaired) electrons. The van der Waals surface area contributed by atoms with Gasteiger partial charge < -0.3 is 9.13 Å². The molecule has 13 rings (SSSR count). The van der Waals surface area contributed by atoms with Crippen molar-refractivity contribution in [1.29, 1.82) is 0 Å². The van der Waals surface area contributed by atoms with Crippen LogP contribution in [0.1, 0.15) is 0 Å². The second-order valence-corrected chi connectivity index (χ2v) is 17.9. The van der Waals surface area contributed by atoms with Crippen LogP contribution in [0.15, 0.2) is 243 Å². The van der Waals surface area contributed by atoms with Gasteiger partial charge in [-0.1, -0.05) is 176 Å². The van der Waals surface area contributed by atoms with E-state index in [-0.39, 0.29) is 0 Å². The molecule has 0 aliphatic rings. The topological polar surface area (TPSA) is 44.4 Å². The van der Waals surface area contributed by atoms with E-state index in [1.54, 1.807) is 0 Å². The summed E-state index contributed by atoms with van der Waals surface area (Å²) >= 11 is 0.